The molecule has 2 aromatic heterocycles. The normalized spacial score (nSPS) is 17.1. The predicted molar refractivity (Wildman–Crippen MR) is 132 cm³/mol. The fourth-order valence-corrected chi connectivity index (χ4v) is 5.00. The molecule has 0 bridgehead atoms. The van der Waals surface area contributed by atoms with Gasteiger partial charge in [0.15, 0.2) is 5.60 Å². The lowest BCUT2D eigenvalue weighted by Crippen LogP contribution is -2.53. The monoisotopic (exact) mass is 546 g/mol. The number of rotatable bonds is 7. The van der Waals surface area contributed by atoms with Crippen molar-refractivity contribution in [2.75, 3.05) is 5.32 Å². The average molecular weight is 548 g/mol. The van der Waals surface area contributed by atoms with Gasteiger partial charge in [0.05, 0.1) is 27.5 Å². The first-order valence-electron chi connectivity index (χ1n) is 10.4. The number of carbonyl (C=O) groups is 2. The largest absolute Gasteiger partial charge is 0.480 e. The van der Waals surface area contributed by atoms with Gasteiger partial charge in [-0.1, -0.05) is 29.6 Å². The minimum Gasteiger partial charge on any atom is -0.480 e. The number of carboxylic acids is 1. The zero-order valence-electron chi connectivity index (χ0n) is 17.8. The number of amides is 1. The number of hydrogen-bond acceptors (Lipinski definition) is 6. The molecule has 1 saturated carbocycles. The van der Waals surface area contributed by atoms with Crippen molar-refractivity contribution in [2.24, 2.45) is 0 Å². The van der Waals surface area contributed by atoms with E-state index >= 15 is 0 Å². The van der Waals surface area contributed by atoms with E-state index in [1.54, 1.807) is 12.1 Å². The third-order valence-electron chi connectivity index (χ3n) is 5.79. The van der Waals surface area contributed by atoms with E-state index in [0.717, 1.165) is 32.1 Å². The average Bonchev–Trinajstić information content (AvgIpc) is 2.78. The molecule has 12 heteroatoms. The van der Waals surface area contributed by atoms with Gasteiger partial charge in [-0.3, -0.25) is 14.8 Å². The fourth-order valence-electron chi connectivity index (χ4n) is 4.09. The Morgan fingerprint density at radius 1 is 1.09 bits per heavy atom. The Balaban J connectivity index is 0.00000324. The van der Waals surface area contributed by atoms with Crippen LogP contribution in [0, 0.1) is 0 Å². The van der Waals surface area contributed by atoms with Crippen molar-refractivity contribution in [1.82, 2.24) is 15.3 Å². The van der Waals surface area contributed by atoms with E-state index in [-0.39, 0.29) is 39.7 Å². The highest BCUT2D eigenvalue weighted by molar-refractivity contribution is 6.40. The van der Waals surface area contributed by atoms with Gasteiger partial charge in [0.25, 0.3) is 5.91 Å². The van der Waals surface area contributed by atoms with Gasteiger partial charge in [0.1, 0.15) is 11.7 Å². The van der Waals surface area contributed by atoms with E-state index in [2.05, 4.69) is 20.6 Å². The van der Waals surface area contributed by atoms with Gasteiger partial charge < -0.3 is 20.5 Å². The minimum atomic E-state index is -1.02. The molecule has 0 radical (unpaired) electrons. The maximum absolute atomic E-state index is 12.5. The Hall–Kier alpha value is -2.26. The molecule has 182 valence electrons. The lowest BCUT2D eigenvalue weighted by molar-refractivity contribution is -0.139. The molecule has 1 atom stereocenters. The van der Waals surface area contributed by atoms with Gasteiger partial charge in [0, 0.05) is 24.5 Å². The molecular weight excluding hydrogens is 526 g/mol. The molecule has 3 heterocycles. The maximum Gasteiger partial charge on any atom is 0.326 e. The number of ether oxygens (including phenoxy) is 1. The first kappa shape index (κ1) is 26.3. The quantitative estimate of drug-likeness (QED) is 0.437. The molecule has 4 rings (SSSR count). The Labute approximate surface area is 217 Å². The van der Waals surface area contributed by atoms with Gasteiger partial charge in [-0.15, -0.1) is 12.4 Å². The fraction of sp³-hybridized carbons (Fsp3) is 0.364. The molecule has 2 aliphatic rings. The summed E-state index contributed by atoms with van der Waals surface area (Å²) >= 11 is 18.2. The van der Waals surface area contributed by atoms with Crippen LogP contribution in [0.2, 0.25) is 10.0 Å². The molecule has 1 spiro atoms. The van der Waals surface area contributed by atoms with E-state index < -0.39 is 23.5 Å². The number of carboxylic acid groups (broad SMARTS) is 1. The molecule has 34 heavy (non-hydrogen) atoms. The SMILES string of the molecule is Cl.O=C(Nc1ccc(C[C@H](NC2=C(Cl)OC23CCCCC3)C(=O)O)nc1)c1c(Cl)cncc1Cl. The van der Waals surface area contributed by atoms with Crippen LogP contribution in [-0.2, 0) is 16.0 Å². The summed E-state index contributed by atoms with van der Waals surface area (Å²) in [7, 11) is 0. The Morgan fingerprint density at radius 2 is 1.76 bits per heavy atom. The maximum atomic E-state index is 12.5. The first-order chi connectivity index (χ1) is 15.8. The summed E-state index contributed by atoms with van der Waals surface area (Å²) in [6.07, 6.45) is 9.00. The summed E-state index contributed by atoms with van der Waals surface area (Å²) in [4.78, 5) is 32.5. The molecule has 0 saturated heterocycles. The molecule has 0 aromatic carbocycles. The van der Waals surface area contributed by atoms with Crippen LogP contribution in [0.1, 0.15) is 48.2 Å². The minimum absolute atomic E-state index is 0. The predicted octanol–water partition coefficient (Wildman–Crippen LogP) is 5.18. The standard InChI is InChI=1S/C22H21Cl3N4O4.ClH/c23-14-10-26-11-15(24)17(14)20(30)28-13-5-4-12(27-9-13)8-16(21(31)32)29-18-19(25)33-22(18)6-2-1-3-7-22;/h4-5,9-11,16,29H,1-3,6-8H2,(H,28,30)(H,31,32);1H/t16-;/m0./s1. The third kappa shape index (κ3) is 5.51. The lowest BCUT2D eigenvalue weighted by atomic mass is 9.80. The zero-order valence-corrected chi connectivity index (χ0v) is 20.9. The van der Waals surface area contributed by atoms with Crippen molar-refractivity contribution in [2.45, 2.75) is 50.2 Å². The van der Waals surface area contributed by atoms with Crippen LogP contribution in [0.4, 0.5) is 5.69 Å². The van der Waals surface area contributed by atoms with E-state index in [9.17, 15) is 14.7 Å². The molecule has 0 unspecified atom stereocenters. The highest BCUT2D eigenvalue weighted by Gasteiger charge is 2.49. The Bertz CT molecular complexity index is 1080. The van der Waals surface area contributed by atoms with Gasteiger partial charge in [-0.25, -0.2) is 4.79 Å². The highest BCUT2D eigenvalue weighted by Crippen LogP contribution is 2.47. The summed E-state index contributed by atoms with van der Waals surface area (Å²) in [5, 5.41) is 16.0. The first-order valence-corrected chi connectivity index (χ1v) is 11.6. The van der Waals surface area contributed by atoms with E-state index in [0.29, 0.717) is 17.1 Å². The number of nitrogens with zero attached hydrogens (tertiary/aromatic N) is 2. The Kier molecular flexibility index (Phi) is 8.52. The van der Waals surface area contributed by atoms with Gasteiger partial charge in [0.2, 0.25) is 5.22 Å². The van der Waals surface area contributed by atoms with Crippen LogP contribution in [-0.4, -0.2) is 38.6 Å². The number of carbonyl (C=O) groups excluding carboxylic acids is 1. The van der Waals surface area contributed by atoms with Crippen molar-refractivity contribution >= 4 is 64.8 Å². The Morgan fingerprint density at radius 3 is 2.32 bits per heavy atom. The molecule has 1 amide bonds. The second-order valence-corrected chi connectivity index (χ2v) is 9.17. The lowest BCUT2D eigenvalue weighted by Gasteiger charge is -2.47. The number of aliphatic carboxylic acids is 1. The number of hydrogen-bond donors (Lipinski definition) is 3. The molecule has 1 fully saturated rings. The number of pyridine rings is 2. The topological polar surface area (TPSA) is 113 Å². The molecule has 2 aromatic rings. The van der Waals surface area contributed by atoms with Crippen LogP contribution in [0.5, 0.6) is 0 Å². The second kappa shape index (κ2) is 11.0. The van der Waals surface area contributed by atoms with Crippen molar-refractivity contribution < 1.29 is 19.4 Å². The number of halogens is 4. The van der Waals surface area contributed by atoms with Crippen LogP contribution in [0.15, 0.2) is 41.6 Å². The van der Waals surface area contributed by atoms with Crippen molar-refractivity contribution in [1.29, 1.82) is 0 Å². The van der Waals surface area contributed by atoms with Gasteiger partial charge in [-0.2, -0.15) is 0 Å². The van der Waals surface area contributed by atoms with Gasteiger partial charge >= 0.3 is 5.97 Å². The molecule has 8 nitrogen and oxygen atoms in total. The third-order valence-corrected chi connectivity index (χ3v) is 6.63. The van der Waals surface area contributed by atoms with Crippen LogP contribution >= 0.6 is 47.2 Å². The van der Waals surface area contributed by atoms with Crippen molar-refractivity contribution in [3.05, 3.63) is 62.9 Å². The highest BCUT2D eigenvalue weighted by atomic mass is 35.5. The zero-order chi connectivity index (χ0) is 23.6. The number of aromatic nitrogens is 2. The molecule has 3 N–H and O–H groups in total. The summed E-state index contributed by atoms with van der Waals surface area (Å²) in [6, 6.07) is 2.34. The second-order valence-electron chi connectivity index (χ2n) is 8.02. The summed E-state index contributed by atoms with van der Waals surface area (Å²) in [5.41, 5.74) is 1.21. The number of anilines is 1. The molecule has 1 aliphatic carbocycles. The van der Waals surface area contributed by atoms with E-state index in [4.69, 9.17) is 39.5 Å². The van der Waals surface area contributed by atoms with Crippen molar-refractivity contribution in [3.8, 4) is 0 Å². The van der Waals surface area contributed by atoms with Gasteiger partial charge in [-0.05, 0) is 49.4 Å². The molecule has 1 aliphatic heterocycles. The summed E-state index contributed by atoms with van der Waals surface area (Å²) in [6.45, 7) is 0. The van der Waals surface area contributed by atoms with Crippen molar-refractivity contribution in [3.63, 3.8) is 0 Å². The smallest absolute Gasteiger partial charge is 0.326 e. The summed E-state index contributed by atoms with van der Waals surface area (Å²) < 4.78 is 5.73. The van der Waals surface area contributed by atoms with Crippen LogP contribution in [0.3, 0.4) is 0 Å². The van der Waals surface area contributed by atoms with Crippen LogP contribution < -0.4 is 10.6 Å². The summed E-state index contributed by atoms with van der Waals surface area (Å²) in [5.74, 6) is -1.53. The van der Waals surface area contributed by atoms with E-state index in [1.807, 2.05) is 0 Å². The molecular formula is C22H22Cl4N4O4. The van der Waals surface area contributed by atoms with Crippen LogP contribution in [0.25, 0.3) is 0 Å². The number of nitrogens with one attached hydrogen (secondary N) is 2. The van der Waals surface area contributed by atoms with E-state index in [1.165, 1.54) is 18.6 Å².